The van der Waals surface area contributed by atoms with Crippen molar-refractivity contribution < 1.29 is 8.42 Å². The van der Waals surface area contributed by atoms with E-state index in [1.165, 1.54) is 0 Å². The number of hydrogen-bond acceptors (Lipinski definition) is 5. The molecule has 82 valence electrons. The summed E-state index contributed by atoms with van der Waals surface area (Å²) in [7, 11) is -2.83. The van der Waals surface area contributed by atoms with Gasteiger partial charge in [0.1, 0.15) is 5.82 Å². The molecule has 0 radical (unpaired) electrons. The van der Waals surface area contributed by atoms with E-state index >= 15 is 0 Å². The molecule has 0 atom stereocenters. The Kier molecular flexibility index (Phi) is 2.52. The molecule has 0 saturated carbocycles. The lowest BCUT2D eigenvalue weighted by molar-refractivity contribution is 0.586. The van der Waals surface area contributed by atoms with Gasteiger partial charge < -0.3 is 10.6 Å². The smallest absolute Gasteiger partial charge is 0.153 e. The van der Waals surface area contributed by atoms with Gasteiger partial charge in [-0.3, -0.25) is 0 Å². The quantitative estimate of drug-likeness (QED) is 0.725. The van der Waals surface area contributed by atoms with E-state index in [1.54, 1.807) is 12.3 Å². The van der Waals surface area contributed by atoms with E-state index in [1.807, 2.05) is 11.0 Å². The molecule has 0 amide bonds. The summed E-state index contributed by atoms with van der Waals surface area (Å²) in [4.78, 5) is 6.11. The highest BCUT2D eigenvalue weighted by Gasteiger charge is 2.22. The first-order chi connectivity index (χ1) is 7.07. The SMILES string of the molecule is Nc1ccc(N2CCS(=O)(=O)CC2)nc1. The molecular weight excluding hydrogens is 214 g/mol. The molecule has 1 aliphatic rings. The van der Waals surface area contributed by atoms with Gasteiger partial charge in [-0.25, -0.2) is 13.4 Å². The summed E-state index contributed by atoms with van der Waals surface area (Å²) in [5, 5.41) is 0. The summed E-state index contributed by atoms with van der Waals surface area (Å²) < 4.78 is 22.4. The Hall–Kier alpha value is -1.30. The van der Waals surface area contributed by atoms with Gasteiger partial charge in [-0.2, -0.15) is 0 Å². The Labute approximate surface area is 88.8 Å². The Balaban J connectivity index is 2.11. The monoisotopic (exact) mass is 227 g/mol. The van der Waals surface area contributed by atoms with Gasteiger partial charge in [-0.15, -0.1) is 0 Å². The van der Waals surface area contributed by atoms with E-state index in [0.29, 0.717) is 18.8 Å². The van der Waals surface area contributed by atoms with E-state index in [0.717, 1.165) is 5.82 Å². The fourth-order valence-electron chi connectivity index (χ4n) is 1.53. The van der Waals surface area contributed by atoms with Crippen molar-refractivity contribution >= 4 is 21.3 Å². The third kappa shape index (κ3) is 2.38. The molecule has 2 heterocycles. The van der Waals surface area contributed by atoms with Crippen molar-refractivity contribution in [1.29, 1.82) is 0 Å². The number of nitrogens with zero attached hydrogens (tertiary/aromatic N) is 2. The molecule has 2 rings (SSSR count). The molecule has 0 bridgehead atoms. The zero-order valence-electron chi connectivity index (χ0n) is 8.26. The predicted molar refractivity (Wildman–Crippen MR) is 59.5 cm³/mol. The predicted octanol–water partition coefficient (Wildman–Crippen LogP) is -0.101. The molecule has 2 N–H and O–H groups in total. The number of nitrogen functional groups attached to an aromatic ring is 1. The van der Waals surface area contributed by atoms with E-state index in [-0.39, 0.29) is 11.5 Å². The first-order valence-corrected chi connectivity index (χ1v) is 6.56. The summed E-state index contributed by atoms with van der Waals surface area (Å²) in [5.41, 5.74) is 6.14. The van der Waals surface area contributed by atoms with Crippen molar-refractivity contribution in [3.63, 3.8) is 0 Å². The number of pyridine rings is 1. The van der Waals surface area contributed by atoms with Gasteiger partial charge in [0.05, 0.1) is 23.4 Å². The Morgan fingerprint density at radius 3 is 2.47 bits per heavy atom. The van der Waals surface area contributed by atoms with Gasteiger partial charge in [0.2, 0.25) is 0 Å². The van der Waals surface area contributed by atoms with Gasteiger partial charge in [0.25, 0.3) is 0 Å². The Morgan fingerprint density at radius 1 is 1.27 bits per heavy atom. The van der Waals surface area contributed by atoms with Crippen molar-refractivity contribution in [2.24, 2.45) is 0 Å². The van der Waals surface area contributed by atoms with Gasteiger partial charge in [-0.1, -0.05) is 0 Å². The second-order valence-electron chi connectivity index (χ2n) is 3.59. The van der Waals surface area contributed by atoms with Crippen LogP contribution in [0.1, 0.15) is 0 Å². The lowest BCUT2D eigenvalue weighted by Gasteiger charge is -2.27. The number of nitrogens with two attached hydrogens (primary N) is 1. The van der Waals surface area contributed by atoms with Crippen molar-refractivity contribution in [2.45, 2.75) is 0 Å². The number of hydrogen-bond donors (Lipinski definition) is 1. The molecule has 0 aliphatic carbocycles. The van der Waals surface area contributed by atoms with Crippen LogP contribution in [0.5, 0.6) is 0 Å². The van der Waals surface area contributed by atoms with Crippen LogP contribution in [-0.4, -0.2) is 38.0 Å². The zero-order valence-corrected chi connectivity index (χ0v) is 9.07. The standard InChI is InChI=1S/C9H13N3O2S/c10-8-1-2-9(11-7-8)12-3-5-15(13,14)6-4-12/h1-2,7H,3-6,10H2. The number of anilines is 2. The highest BCUT2D eigenvalue weighted by molar-refractivity contribution is 7.91. The average molecular weight is 227 g/mol. The Morgan fingerprint density at radius 2 is 1.93 bits per heavy atom. The van der Waals surface area contributed by atoms with E-state index < -0.39 is 9.84 Å². The molecule has 0 spiro atoms. The molecule has 1 fully saturated rings. The molecule has 1 aromatic heterocycles. The lowest BCUT2D eigenvalue weighted by atomic mass is 10.4. The number of rotatable bonds is 1. The molecule has 1 saturated heterocycles. The van der Waals surface area contributed by atoms with Crippen LogP contribution >= 0.6 is 0 Å². The van der Waals surface area contributed by atoms with Crippen LogP contribution in [0.15, 0.2) is 18.3 Å². The molecule has 1 aromatic rings. The van der Waals surface area contributed by atoms with E-state index in [4.69, 9.17) is 5.73 Å². The van der Waals surface area contributed by atoms with Gasteiger partial charge >= 0.3 is 0 Å². The summed E-state index contributed by atoms with van der Waals surface area (Å²) in [6, 6.07) is 3.58. The van der Waals surface area contributed by atoms with Gasteiger partial charge in [0.15, 0.2) is 9.84 Å². The minimum atomic E-state index is -2.83. The second-order valence-corrected chi connectivity index (χ2v) is 5.89. The van der Waals surface area contributed by atoms with Gasteiger partial charge in [-0.05, 0) is 12.1 Å². The zero-order chi connectivity index (χ0) is 10.9. The molecule has 0 unspecified atom stereocenters. The highest BCUT2D eigenvalue weighted by Crippen LogP contribution is 2.15. The number of sulfone groups is 1. The van der Waals surface area contributed by atoms with Gasteiger partial charge in [0, 0.05) is 13.1 Å². The maximum absolute atomic E-state index is 11.2. The van der Waals surface area contributed by atoms with Crippen molar-refractivity contribution in [3.05, 3.63) is 18.3 Å². The fraction of sp³-hybridized carbons (Fsp3) is 0.444. The van der Waals surface area contributed by atoms with Crippen molar-refractivity contribution in [3.8, 4) is 0 Å². The molecule has 15 heavy (non-hydrogen) atoms. The summed E-state index contributed by atoms with van der Waals surface area (Å²) in [6.07, 6.45) is 1.58. The van der Waals surface area contributed by atoms with Crippen LogP contribution in [0.2, 0.25) is 0 Å². The third-order valence-electron chi connectivity index (χ3n) is 2.44. The first kappa shape index (κ1) is 10.2. The third-order valence-corrected chi connectivity index (χ3v) is 4.05. The van der Waals surface area contributed by atoms with Crippen LogP contribution in [0.4, 0.5) is 11.5 Å². The molecule has 0 aromatic carbocycles. The fourth-order valence-corrected chi connectivity index (χ4v) is 2.73. The van der Waals surface area contributed by atoms with Crippen LogP contribution in [0.25, 0.3) is 0 Å². The molecule has 5 nitrogen and oxygen atoms in total. The minimum absolute atomic E-state index is 0.207. The maximum atomic E-state index is 11.2. The summed E-state index contributed by atoms with van der Waals surface area (Å²) >= 11 is 0. The maximum Gasteiger partial charge on any atom is 0.153 e. The molecular formula is C9H13N3O2S. The van der Waals surface area contributed by atoms with E-state index in [9.17, 15) is 8.42 Å². The topological polar surface area (TPSA) is 76.3 Å². The van der Waals surface area contributed by atoms with Crippen molar-refractivity contribution in [1.82, 2.24) is 4.98 Å². The number of aromatic nitrogens is 1. The second kappa shape index (κ2) is 3.69. The van der Waals surface area contributed by atoms with Crippen LogP contribution < -0.4 is 10.6 Å². The van der Waals surface area contributed by atoms with E-state index in [2.05, 4.69) is 4.98 Å². The first-order valence-electron chi connectivity index (χ1n) is 4.74. The Bertz CT molecular complexity index is 427. The largest absolute Gasteiger partial charge is 0.397 e. The average Bonchev–Trinajstić information content (AvgIpc) is 2.20. The molecule has 6 heteroatoms. The normalized spacial score (nSPS) is 20.1. The highest BCUT2D eigenvalue weighted by atomic mass is 32.2. The van der Waals surface area contributed by atoms with Crippen LogP contribution in [-0.2, 0) is 9.84 Å². The molecule has 1 aliphatic heterocycles. The summed E-state index contributed by atoms with van der Waals surface area (Å²) in [6.45, 7) is 1.03. The lowest BCUT2D eigenvalue weighted by Crippen LogP contribution is -2.40. The van der Waals surface area contributed by atoms with Crippen LogP contribution in [0.3, 0.4) is 0 Å². The summed E-state index contributed by atoms with van der Waals surface area (Å²) in [5.74, 6) is 1.21. The van der Waals surface area contributed by atoms with Crippen molar-refractivity contribution in [2.75, 3.05) is 35.2 Å². The minimum Gasteiger partial charge on any atom is -0.397 e. The van der Waals surface area contributed by atoms with Crippen LogP contribution in [0, 0.1) is 0 Å².